The Kier molecular flexibility index (Phi) is 9.36. The summed E-state index contributed by atoms with van der Waals surface area (Å²) in [5, 5.41) is 23.1. The van der Waals surface area contributed by atoms with E-state index in [1.54, 1.807) is 12.1 Å². The van der Waals surface area contributed by atoms with Crippen LogP contribution in [0.4, 0.5) is 0 Å². The lowest BCUT2D eigenvalue weighted by molar-refractivity contribution is 0.312. The van der Waals surface area contributed by atoms with E-state index in [2.05, 4.69) is 19.0 Å². The molecular weight excluding hydrogens is 274 g/mol. The second-order valence-corrected chi connectivity index (χ2v) is 6.04. The van der Waals surface area contributed by atoms with Gasteiger partial charge in [-0.2, -0.15) is 0 Å². The molecule has 3 nitrogen and oxygen atoms in total. The molecule has 2 N–H and O–H groups in total. The zero-order valence-corrected chi connectivity index (χ0v) is 14.1. The summed E-state index contributed by atoms with van der Waals surface area (Å²) in [6, 6.07) is 7.15. The lowest BCUT2D eigenvalue weighted by atomic mass is 9.87. The Labute approximate surface area is 135 Å². The minimum atomic E-state index is 0.197. The Hall–Kier alpha value is -1.51. The first-order valence-electron chi connectivity index (χ1n) is 8.74. The normalized spacial score (nSPS) is 13.3. The third-order valence-electron chi connectivity index (χ3n) is 4.24. The number of para-hydroxylation sites is 1. The Bertz CT molecular complexity index is 443. The highest BCUT2D eigenvalue weighted by Crippen LogP contribution is 2.27. The van der Waals surface area contributed by atoms with Crippen LogP contribution in [-0.4, -0.2) is 16.0 Å². The second-order valence-electron chi connectivity index (χ2n) is 6.04. The summed E-state index contributed by atoms with van der Waals surface area (Å²) < 4.78 is 0. The van der Waals surface area contributed by atoms with Gasteiger partial charge in [0.1, 0.15) is 5.75 Å². The molecule has 0 aliphatic heterocycles. The molecular formula is C19H31NO2. The first-order valence-corrected chi connectivity index (χ1v) is 8.74. The third-order valence-corrected chi connectivity index (χ3v) is 4.24. The van der Waals surface area contributed by atoms with Crippen molar-refractivity contribution < 1.29 is 10.3 Å². The summed E-state index contributed by atoms with van der Waals surface area (Å²) in [5.74, 6) is 0.419. The zero-order valence-electron chi connectivity index (χ0n) is 14.1. The number of phenols is 1. The van der Waals surface area contributed by atoms with E-state index in [4.69, 9.17) is 0 Å². The number of hydrogen-bond donors (Lipinski definition) is 2. The molecule has 1 unspecified atom stereocenters. The summed E-state index contributed by atoms with van der Waals surface area (Å²) in [4.78, 5) is 0. The van der Waals surface area contributed by atoms with Gasteiger partial charge in [-0.25, -0.2) is 0 Å². The molecule has 0 heterocycles. The molecule has 0 amide bonds. The number of unbranched alkanes of at least 4 members (excludes halogenated alkanes) is 5. The van der Waals surface area contributed by atoms with Crippen molar-refractivity contribution in [3.8, 4) is 5.75 Å². The average molecular weight is 305 g/mol. The molecule has 0 aliphatic rings. The van der Waals surface area contributed by atoms with Gasteiger partial charge in [-0.1, -0.05) is 76.1 Å². The highest BCUT2D eigenvalue weighted by Gasteiger charge is 2.20. The minimum Gasteiger partial charge on any atom is -0.507 e. The van der Waals surface area contributed by atoms with Gasteiger partial charge < -0.3 is 10.3 Å². The Balaban J connectivity index is 2.73. The number of benzene rings is 1. The van der Waals surface area contributed by atoms with E-state index in [1.165, 1.54) is 25.7 Å². The van der Waals surface area contributed by atoms with Crippen LogP contribution in [-0.2, 0) is 0 Å². The molecule has 1 aromatic carbocycles. The van der Waals surface area contributed by atoms with Gasteiger partial charge in [-0.3, -0.25) is 0 Å². The molecule has 0 saturated heterocycles. The van der Waals surface area contributed by atoms with Gasteiger partial charge in [0.05, 0.1) is 5.71 Å². The summed E-state index contributed by atoms with van der Waals surface area (Å²) in [6.45, 7) is 4.40. The predicted octanol–water partition coefficient (Wildman–Crippen LogP) is 5.74. The van der Waals surface area contributed by atoms with Crippen molar-refractivity contribution >= 4 is 5.71 Å². The van der Waals surface area contributed by atoms with Gasteiger partial charge >= 0.3 is 0 Å². The van der Waals surface area contributed by atoms with Crippen LogP contribution in [0.5, 0.6) is 5.75 Å². The van der Waals surface area contributed by atoms with Crippen LogP contribution in [0, 0.1) is 5.92 Å². The first kappa shape index (κ1) is 18.5. The van der Waals surface area contributed by atoms with Crippen molar-refractivity contribution in [3.63, 3.8) is 0 Å². The van der Waals surface area contributed by atoms with Crippen LogP contribution in [0.15, 0.2) is 29.4 Å². The standard InChI is InChI=1S/C19H31NO2/c1-3-5-7-8-9-13-16(12-6-4-2)19(20-22)17-14-10-11-15-18(17)21/h10-11,14-16,21-22H,3-9,12-13H2,1-2H3. The van der Waals surface area contributed by atoms with Crippen LogP contribution in [0.1, 0.15) is 77.2 Å². The summed E-state index contributed by atoms with van der Waals surface area (Å²) in [7, 11) is 0. The van der Waals surface area contributed by atoms with Crippen LogP contribution >= 0.6 is 0 Å². The number of aromatic hydroxyl groups is 1. The molecule has 0 spiro atoms. The van der Waals surface area contributed by atoms with E-state index in [0.29, 0.717) is 11.3 Å². The molecule has 0 fully saturated rings. The van der Waals surface area contributed by atoms with Gasteiger partial charge in [0.2, 0.25) is 0 Å². The van der Waals surface area contributed by atoms with Gasteiger partial charge in [0, 0.05) is 11.5 Å². The fourth-order valence-electron chi connectivity index (χ4n) is 2.91. The number of oxime groups is 1. The molecule has 0 aliphatic carbocycles. The molecule has 0 saturated carbocycles. The Morgan fingerprint density at radius 1 is 0.955 bits per heavy atom. The molecule has 3 heteroatoms. The fourth-order valence-corrected chi connectivity index (χ4v) is 2.91. The van der Waals surface area contributed by atoms with Crippen LogP contribution in [0.3, 0.4) is 0 Å². The van der Waals surface area contributed by atoms with Crippen molar-refractivity contribution in [2.45, 2.75) is 71.6 Å². The van der Waals surface area contributed by atoms with E-state index in [9.17, 15) is 10.3 Å². The number of nitrogens with zero attached hydrogens (tertiary/aromatic N) is 1. The van der Waals surface area contributed by atoms with Crippen molar-refractivity contribution in [1.29, 1.82) is 0 Å². The molecule has 0 aromatic heterocycles. The van der Waals surface area contributed by atoms with Gasteiger partial charge in [0.15, 0.2) is 0 Å². The topological polar surface area (TPSA) is 52.8 Å². The fraction of sp³-hybridized carbons (Fsp3) is 0.632. The molecule has 22 heavy (non-hydrogen) atoms. The van der Waals surface area contributed by atoms with Gasteiger partial charge in [-0.15, -0.1) is 0 Å². The molecule has 1 atom stereocenters. The maximum Gasteiger partial charge on any atom is 0.124 e. The number of phenolic OH excluding ortho intramolecular Hbond substituents is 1. The van der Waals surface area contributed by atoms with E-state index in [1.807, 2.05) is 12.1 Å². The monoisotopic (exact) mass is 305 g/mol. The molecule has 0 bridgehead atoms. The average Bonchev–Trinajstić information content (AvgIpc) is 2.54. The maximum atomic E-state index is 10.0. The predicted molar refractivity (Wildman–Crippen MR) is 92.8 cm³/mol. The van der Waals surface area contributed by atoms with E-state index >= 15 is 0 Å². The van der Waals surface area contributed by atoms with Gasteiger partial charge in [-0.05, 0) is 25.0 Å². The third kappa shape index (κ3) is 6.08. The second kappa shape index (κ2) is 11.1. The van der Waals surface area contributed by atoms with Crippen LogP contribution < -0.4 is 0 Å². The number of rotatable bonds is 11. The lowest BCUT2D eigenvalue weighted by Crippen LogP contribution is -2.16. The van der Waals surface area contributed by atoms with Crippen molar-refractivity contribution in [1.82, 2.24) is 0 Å². The van der Waals surface area contributed by atoms with Crippen molar-refractivity contribution in [3.05, 3.63) is 29.8 Å². The van der Waals surface area contributed by atoms with Crippen LogP contribution in [0.25, 0.3) is 0 Å². The molecule has 1 rings (SSSR count). The lowest BCUT2D eigenvalue weighted by Gasteiger charge is -2.19. The quantitative estimate of drug-likeness (QED) is 0.237. The molecule has 1 aromatic rings. The SMILES string of the molecule is CCCCCCCC(CCCC)C(=NO)c1ccccc1O. The van der Waals surface area contributed by atoms with E-state index in [-0.39, 0.29) is 11.7 Å². The summed E-state index contributed by atoms with van der Waals surface area (Å²) >= 11 is 0. The maximum absolute atomic E-state index is 10.0. The van der Waals surface area contributed by atoms with Crippen LogP contribution in [0.2, 0.25) is 0 Å². The van der Waals surface area contributed by atoms with Crippen molar-refractivity contribution in [2.24, 2.45) is 11.1 Å². The Morgan fingerprint density at radius 3 is 2.23 bits per heavy atom. The summed E-state index contributed by atoms with van der Waals surface area (Å²) in [6.07, 6.45) is 10.5. The zero-order chi connectivity index (χ0) is 16.2. The smallest absolute Gasteiger partial charge is 0.124 e. The van der Waals surface area contributed by atoms with Crippen molar-refractivity contribution in [2.75, 3.05) is 0 Å². The number of hydrogen-bond acceptors (Lipinski definition) is 3. The first-order chi connectivity index (χ1) is 10.7. The van der Waals surface area contributed by atoms with E-state index in [0.717, 1.165) is 32.1 Å². The molecule has 0 radical (unpaired) electrons. The summed E-state index contributed by atoms with van der Waals surface area (Å²) in [5.41, 5.74) is 1.31. The highest BCUT2D eigenvalue weighted by molar-refractivity contribution is 6.03. The van der Waals surface area contributed by atoms with Gasteiger partial charge in [0.25, 0.3) is 0 Å². The molecule has 124 valence electrons. The largest absolute Gasteiger partial charge is 0.507 e. The Morgan fingerprint density at radius 2 is 1.59 bits per heavy atom. The minimum absolute atomic E-state index is 0.197. The van der Waals surface area contributed by atoms with E-state index < -0.39 is 0 Å². The highest BCUT2D eigenvalue weighted by atomic mass is 16.4.